The van der Waals surface area contributed by atoms with Crippen molar-refractivity contribution >= 4 is 52.4 Å². The standard InChI is InChI=1S/C21H14Cl2N2O4/c22-16-10-9-12(11-17(16)23)24-20(27)15-7-3-4-8-18(15)25-19(26)13-5-1-2-6-14(13)21(28)29/h1-11H,(H,24,27)(H,25,26)(H,28,29). The number of para-hydroxylation sites is 1. The van der Waals surface area contributed by atoms with Gasteiger partial charge in [0.05, 0.1) is 32.4 Å². The smallest absolute Gasteiger partial charge is 0.336 e. The third-order valence-electron chi connectivity index (χ3n) is 4.00. The molecule has 0 aliphatic rings. The number of carboxylic acid groups (broad SMARTS) is 1. The molecule has 146 valence electrons. The van der Waals surface area contributed by atoms with Crippen LogP contribution in [0.1, 0.15) is 31.1 Å². The molecule has 0 aliphatic heterocycles. The summed E-state index contributed by atoms with van der Waals surface area (Å²) in [6, 6.07) is 16.8. The van der Waals surface area contributed by atoms with Crippen molar-refractivity contribution in [2.45, 2.75) is 0 Å². The van der Waals surface area contributed by atoms with Crippen molar-refractivity contribution in [2.24, 2.45) is 0 Å². The highest BCUT2D eigenvalue weighted by Crippen LogP contribution is 2.26. The molecule has 29 heavy (non-hydrogen) atoms. The van der Waals surface area contributed by atoms with Crippen LogP contribution in [0.3, 0.4) is 0 Å². The summed E-state index contributed by atoms with van der Waals surface area (Å²) < 4.78 is 0. The number of hydrogen-bond donors (Lipinski definition) is 3. The molecule has 0 saturated carbocycles. The number of aromatic carboxylic acids is 1. The van der Waals surface area contributed by atoms with Gasteiger partial charge in [0.25, 0.3) is 11.8 Å². The molecule has 0 bridgehead atoms. The van der Waals surface area contributed by atoms with Gasteiger partial charge in [0, 0.05) is 5.69 Å². The van der Waals surface area contributed by atoms with Crippen molar-refractivity contribution in [3.63, 3.8) is 0 Å². The van der Waals surface area contributed by atoms with Gasteiger partial charge in [-0.25, -0.2) is 4.79 Å². The molecule has 3 rings (SSSR count). The van der Waals surface area contributed by atoms with E-state index in [1.165, 1.54) is 30.3 Å². The summed E-state index contributed by atoms with van der Waals surface area (Å²) in [6.45, 7) is 0. The van der Waals surface area contributed by atoms with Gasteiger partial charge in [-0.3, -0.25) is 9.59 Å². The molecule has 0 atom stereocenters. The Bertz CT molecular complexity index is 1120. The monoisotopic (exact) mass is 428 g/mol. The van der Waals surface area contributed by atoms with E-state index in [1.807, 2.05) is 0 Å². The van der Waals surface area contributed by atoms with Gasteiger partial charge in [-0.1, -0.05) is 47.5 Å². The van der Waals surface area contributed by atoms with Gasteiger partial charge in [0.15, 0.2) is 0 Å². The molecule has 0 fully saturated rings. The molecule has 0 spiro atoms. The van der Waals surface area contributed by atoms with Gasteiger partial charge in [-0.05, 0) is 42.5 Å². The van der Waals surface area contributed by atoms with E-state index in [0.29, 0.717) is 10.7 Å². The molecule has 3 aromatic rings. The molecule has 8 heteroatoms. The first-order valence-corrected chi connectivity index (χ1v) is 9.11. The molecule has 2 amide bonds. The lowest BCUT2D eigenvalue weighted by atomic mass is 10.1. The van der Waals surface area contributed by atoms with Gasteiger partial charge < -0.3 is 15.7 Å². The third-order valence-corrected chi connectivity index (χ3v) is 4.74. The molecule has 0 heterocycles. The number of halogens is 2. The normalized spacial score (nSPS) is 10.3. The zero-order valence-corrected chi connectivity index (χ0v) is 16.3. The summed E-state index contributed by atoms with van der Waals surface area (Å²) in [6.07, 6.45) is 0. The van der Waals surface area contributed by atoms with Crippen LogP contribution in [0.4, 0.5) is 11.4 Å². The number of rotatable bonds is 5. The lowest BCUT2D eigenvalue weighted by Crippen LogP contribution is -2.20. The van der Waals surface area contributed by atoms with Crippen LogP contribution in [0.15, 0.2) is 66.7 Å². The molecule has 0 unspecified atom stereocenters. The summed E-state index contributed by atoms with van der Waals surface area (Å²) in [5.74, 6) is -2.34. The van der Waals surface area contributed by atoms with Gasteiger partial charge in [0.2, 0.25) is 0 Å². The van der Waals surface area contributed by atoms with E-state index in [0.717, 1.165) is 0 Å². The van der Waals surface area contributed by atoms with Crippen LogP contribution < -0.4 is 10.6 Å². The molecule has 0 aromatic heterocycles. The number of carbonyl (C=O) groups is 3. The fourth-order valence-corrected chi connectivity index (χ4v) is 2.92. The zero-order valence-electron chi connectivity index (χ0n) is 14.8. The Morgan fingerprint density at radius 2 is 1.28 bits per heavy atom. The summed E-state index contributed by atoms with van der Waals surface area (Å²) in [5.41, 5.74) is 0.708. The molecule has 6 nitrogen and oxygen atoms in total. The first-order valence-electron chi connectivity index (χ1n) is 8.36. The van der Waals surface area contributed by atoms with Crippen LogP contribution >= 0.6 is 23.2 Å². The lowest BCUT2D eigenvalue weighted by molar-refractivity contribution is 0.0692. The number of hydrogen-bond acceptors (Lipinski definition) is 3. The Kier molecular flexibility index (Phi) is 6.16. The Morgan fingerprint density at radius 3 is 1.93 bits per heavy atom. The minimum Gasteiger partial charge on any atom is -0.478 e. The first-order chi connectivity index (χ1) is 13.9. The lowest BCUT2D eigenvalue weighted by Gasteiger charge is -2.13. The van der Waals surface area contributed by atoms with E-state index in [1.54, 1.807) is 36.4 Å². The van der Waals surface area contributed by atoms with Crippen molar-refractivity contribution in [1.29, 1.82) is 0 Å². The molecular formula is C21H14Cl2N2O4. The third kappa shape index (κ3) is 4.74. The summed E-state index contributed by atoms with van der Waals surface area (Å²) in [4.78, 5) is 36.7. The van der Waals surface area contributed by atoms with Gasteiger partial charge in [-0.2, -0.15) is 0 Å². The van der Waals surface area contributed by atoms with E-state index in [2.05, 4.69) is 10.6 Å². The Balaban J connectivity index is 1.85. The first kappa shape index (κ1) is 20.4. The highest BCUT2D eigenvalue weighted by Gasteiger charge is 2.18. The maximum absolute atomic E-state index is 12.7. The molecule has 0 radical (unpaired) electrons. The number of carboxylic acids is 1. The van der Waals surface area contributed by atoms with E-state index in [9.17, 15) is 19.5 Å². The second-order valence-electron chi connectivity index (χ2n) is 5.93. The Hall–Kier alpha value is -3.35. The molecule has 0 aliphatic carbocycles. The summed E-state index contributed by atoms with van der Waals surface area (Å²) in [7, 11) is 0. The largest absolute Gasteiger partial charge is 0.478 e. The second kappa shape index (κ2) is 8.77. The number of anilines is 2. The van der Waals surface area contributed by atoms with E-state index in [-0.39, 0.29) is 27.4 Å². The highest BCUT2D eigenvalue weighted by molar-refractivity contribution is 6.42. The number of carbonyl (C=O) groups excluding carboxylic acids is 2. The Labute approximate surface area is 176 Å². The Morgan fingerprint density at radius 1 is 0.690 bits per heavy atom. The SMILES string of the molecule is O=C(Nc1ccc(Cl)c(Cl)c1)c1ccccc1NC(=O)c1ccccc1C(=O)O. The summed E-state index contributed by atoms with van der Waals surface area (Å²) in [5, 5.41) is 15.2. The predicted molar refractivity (Wildman–Crippen MR) is 112 cm³/mol. The van der Waals surface area contributed by atoms with Crippen LogP contribution in [0.5, 0.6) is 0 Å². The fraction of sp³-hybridized carbons (Fsp3) is 0. The van der Waals surface area contributed by atoms with Crippen molar-refractivity contribution in [2.75, 3.05) is 10.6 Å². The van der Waals surface area contributed by atoms with Gasteiger partial charge >= 0.3 is 5.97 Å². The zero-order chi connectivity index (χ0) is 21.0. The van der Waals surface area contributed by atoms with E-state index >= 15 is 0 Å². The second-order valence-corrected chi connectivity index (χ2v) is 6.75. The van der Waals surface area contributed by atoms with Crippen LogP contribution in [-0.4, -0.2) is 22.9 Å². The van der Waals surface area contributed by atoms with Crippen molar-refractivity contribution in [3.05, 3.63) is 93.5 Å². The molecule has 3 aromatic carbocycles. The average Bonchev–Trinajstić information content (AvgIpc) is 2.71. The van der Waals surface area contributed by atoms with Gasteiger partial charge in [0.1, 0.15) is 0 Å². The van der Waals surface area contributed by atoms with Crippen molar-refractivity contribution in [3.8, 4) is 0 Å². The van der Waals surface area contributed by atoms with E-state index in [4.69, 9.17) is 23.2 Å². The minimum absolute atomic E-state index is 0.0142. The fourth-order valence-electron chi connectivity index (χ4n) is 2.62. The van der Waals surface area contributed by atoms with Crippen molar-refractivity contribution < 1.29 is 19.5 Å². The number of amides is 2. The van der Waals surface area contributed by atoms with Gasteiger partial charge in [-0.15, -0.1) is 0 Å². The van der Waals surface area contributed by atoms with Crippen LogP contribution in [0.2, 0.25) is 10.0 Å². The topological polar surface area (TPSA) is 95.5 Å². The molecule has 0 saturated heterocycles. The number of nitrogens with one attached hydrogen (secondary N) is 2. The number of benzene rings is 3. The minimum atomic E-state index is -1.22. The van der Waals surface area contributed by atoms with Crippen molar-refractivity contribution in [1.82, 2.24) is 0 Å². The van der Waals surface area contributed by atoms with E-state index < -0.39 is 17.8 Å². The van der Waals surface area contributed by atoms with Crippen LogP contribution in [0.25, 0.3) is 0 Å². The van der Waals surface area contributed by atoms with Crippen LogP contribution in [-0.2, 0) is 0 Å². The summed E-state index contributed by atoms with van der Waals surface area (Å²) >= 11 is 11.8. The highest BCUT2D eigenvalue weighted by atomic mass is 35.5. The maximum Gasteiger partial charge on any atom is 0.336 e. The molecular weight excluding hydrogens is 415 g/mol. The quantitative estimate of drug-likeness (QED) is 0.520. The van der Waals surface area contributed by atoms with Crippen LogP contribution in [0, 0.1) is 0 Å². The average molecular weight is 429 g/mol. The predicted octanol–water partition coefficient (Wildman–Crippen LogP) is 5.20. The molecule has 3 N–H and O–H groups in total. The maximum atomic E-state index is 12.7.